The Morgan fingerprint density at radius 1 is 0.913 bits per heavy atom. The average molecular weight is 318 g/mol. The molecule has 5 saturated carbocycles. The van der Waals surface area contributed by atoms with Crippen molar-refractivity contribution in [2.45, 2.75) is 76.7 Å². The number of hydrogen-bond acceptors (Lipinski definition) is 2. The van der Waals surface area contributed by atoms with Crippen LogP contribution in [0.1, 0.15) is 70.6 Å². The number of carbonyl (C=O) groups is 2. The van der Waals surface area contributed by atoms with E-state index in [1.165, 1.54) is 25.7 Å². The quantitative estimate of drug-likeness (QED) is 0.836. The van der Waals surface area contributed by atoms with Gasteiger partial charge in [0.1, 0.15) is 6.04 Å². The minimum absolute atomic E-state index is 0.144. The maximum absolute atomic E-state index is 13.1. The Kier molecular flexibility index (Phi) is 3.89. The van der Waals surface area contributed by atoms with Crippen LogP contribution in [0.3, 0.4) is 0 Å². The molecule has 128 valence electrons. The monoisotopic (exact) mass is 318 g/mol. The van der Waals surface area contributed by atoms with Crippen LogP contribution in [-0.4, -0.2) is 17.9 Å². The number of nitrogens with one attached hydrogen (secondary N) is 1. The van der Waals surface area contributed by atoms with Crippen LogP contribution >= 0.6 is 0 Å². The van der Waals surface area contributed by atoms with Gasteiger partial charge in [0.2, 0.25) is 11.8 Å². The third-order valence-corrected chi connectivity index (χ3v) is 7.23. The lowest BCUT2D eigenvalue weighted by Crippen LogP contribution is -2.58. The van der Waals surface area contributed by atoms with Crippen LogP contribution < -0.4 is 11.1 Å². The van der Waals surface area contributed by atoms with Crippen LogP contribution in [-0.2, 0) is 9.59 Å². The number of rotatable bonds is 4. The molecule has 0 heterocycles. The molecule has 0 aliphatic heterocycles. The van der Waals surface area contributed by atoms with Crippen LogP contribution in [0.2, 0.25) is 0 Å². The lowest BCUT2D eigenvalue weighted by Gasteiger charge is -2.56. The van der Waals surface area contributed by atoms with E-state index in [2.05, 4.69) is 5.32 Å². The predicted molar refractivity (Wildman–Crippen MR) is 88.3 cm³/mol. The highest BCUT2D eigenvalue weighted by Crippen LogP contribution is 2.60. The number of primary amides is 1. The van der Waals surface area contributed by atoms with Crippen LogP contribution in [0.25, 0.3) is 0 Å². The summed E-state index contributed by atoms with van der Waals surface area (Å²) in [6.07, 6.45) is 12.7. The molecule has 0 aromatic carbocycles. The van der Waals surface area contributed by atoms with Gasteiger partial charge in [-0.25, -0.2) is 0 Å². The lowest BCUT2D eigenvalue weighted by molar-refractivity contribution is -0.149. The molecular weight excluding hydrogens is 288 g/mol. The van der Waals surface area contributed by atoms with E-state index < -0.39 is 6.04 Å². The zero-order chi connectivity index (χ0) is 16.0. The molecule has 0 saturated heterocycles. The van der Waals surface area contributed by atoms with E-state index in [1.54, 1.807) is 0 Å². The SMILES string of the molecule is NC(=O)[C@H](NC(=O)C12CC3CC(CC(C3)C1)C2)C1CCCCC1. The highest BCUT2D eigenvalue weighted by atomic mass is 16.2. The number of hydrogen-bond donors (Lipinski definition) is 2. The first-order chi connectivity index (χ1) is 11.1. The molecule has 0 aromatic heterocycles. The molecule has 23 heavy (non-hydrogen) atoms. The average Bonchev–Trinajstić information content (AvgIpc) is 2.51. The van der Waals surface area contributed by atoms with Crippen LogP contribution in [0.15, 0.2) is 0 Å². The molecule has 2 amide bonds. The van der Waals surface area contributed by atoms with Gasteiger partial charge in [0.15, 0.2) is 0 Å². The summed E-state index contributed by atoms with van der Waals surface area (Å²) in [5, 5.41) is 3.13. The smallest absolute Gasteiger partial charge is 0.240 e. The second-order valence-electron chi connectivity index (χ2n) is 8.95. The van der Waals surface area contributed by atoms with Crippen LogP contribution in [0.4, 0.5) is 0 Å². The molecule has 5 rings (SSSR count). The van der Waals surface area contributed by atoms with Crippen molar-refractivity contribution in [2.24, 2.45) is 34.8 Å². The maximum Gasteiger partial charge on any atom is 0.240 e. The predicted octanol–water partition coefficient (Wildman–Crippen LogP) is 2.75. The zero-order valence-corrected chi connectivity index (χ0v) is 14.1. The van der Waals surface area contributed by atoms with Gasteiger partial charge in [0.05, 0.1) is 0 Å². The summed E-state index contributed by atoms with van der Waals surface area (Å²) in [6.45, 7) is 0. The van der Waals surface area contributed by atoms with Crippen molar-refractivity contribution in [1.29, 1.82) is 0 Å². The molecule has 5 aliphatic rings. The third kappa shape index (κ3) is 2.78. The van der Waals surface area contributed by atoms with Gasteiger partial charge in [-0.2, -0.15) is 0 Å². The molecule has 0 aromatic rings. The van der Waals surface area contributed by atoms with Crippen molar-refractivity contribution in [2.75, 3.05) is 0 Å². The largest absolute Gasteiger partial charge is 0.368 e. The van der Waals surface area contributed by atoms with Crippen molar-refractivity contribution >= 4 is 11.8 Å². The van der Waals surface area contributed by atoms with Gasteiger partial charge >= 0.3 is 0 Å². The van der Waals surface area contributed by atoms with Gasteiger partial charge in [-0.15, -0.1) is 0 Å². The molecule has 4 bridgehead atoms. The van der Waals surface area contributed by atoms with E-state index >= 15 is 0 Å². The van der Waals surface area contributed by atoms with Crippen LogP contribution in [0.5, 0.6) is 0 Å². The van der Waals surface area contributed by atoms with Gasteiger partial charge in [-0.05, 0) is 75.0 Å². The van der Waals surface area contributed by atoms with E-state index in [0.717, 1.165) is 62.7 Å². The fourth-order valence-corrected chi connectivity index (χ4v) is 6.57. The van der Waals surface area contributed by atoms with E-state index in [0.29, 0.717) is 0 Å². The van der Waals surface area contributed by atoms with E-state index in [1.807, 2.05) is 0 Å². The summed E-state index contributed by atoms with van der Waals surface area (Å²) in [4.78, 5) is 25.1. The summed E-state index contributed by atoms with van der Waals surface area (Å²) < 4.78 is 0. The minimum Gasteiger partial charge on any atom is -0.368 e. The lowest BCUT2D eigenvalue weighted by atomic mass is 9.49. The summed E-state index contributed by atoms with van der Waals surface area (Å²) in [5.41, 5.74) is 5.47. The zero-order valence-electron chi connectivity index (χ0n) is 14.1. The van der Waals surface area contributed by atoms with Gasteiger partial charge in [0.25, 0.3) is 0 Å². The first-order valence-electron chi connectivity index (χ1n) is 9.66. The number of carbonyl (C=O) groups excluding carboxylic acids is 2. The van der Waals surface area contributed by atoms with Crippen molar-refractivity contribution in [1.82, 2.24) is 5.32 Å². The molecular formula is C19H30N2O2. The number of nitrogens with two attached hydrogens (primary N) is 1. The fraction of sp³-hybridized carbons (Fsp3) is 0.895. The van der Waals surface area contributed by atoms with E-state index in [9.17, 15) is 9.59 Å². The molecule has 4 heteroatoms. The highest BCUT2D eigenvalue weighted by Gasteiger charge is 2.55. The van der Waals surface area contributed by atoms with Crippen LogP contribution in [0, 0.1) is 29.1 Å². The van der Waals surface area contributed by atoms with Crippen molar-refractivity contribution in [3.05, 3.63) is 0 Å². The van der Waals surface area contributed by atoms with Crippen molar-refractivity contribution < 1.29 is 9.59 Å². The second-order valence-corrected chi connectivity index (χ2v) is 8.95. The third-order valence-electron chi connectivity index (χ3n) is 7.23. The molecule has 0 unspecified atom stereocenters. The standard InChI is InChI=1S/C19H30N2O2/c20-17(22)16(15-4-2-1-3-5-15)21-18(23)19-9-12-6-13(10-19)8-14(7-12)11-19/h12-16H,1-11H2,(H2,20,22)(H,21,23)/t12?,13?,14?,16-,19?/m1/s1. The Hall–Kier alpha value is -1.06. The Labute approximate surface area is 138 Å². The molecule has 0 spiro atoms. The Morgan fingerprint density at radius 3 is 1.91 bits per heavy atom. The number of amides is 2. The van der Waals surface area contributed by atoms with Crippen molar-refractivity contribution in [3.8, 4) is 0 Å². The highest BCUT2D eigenvalue weighted by molar-refractivity contribution is 5.90. The van der Waals surface area contributed by atoms with Gasteiger partial charge < -0.3 is 11.1 Å². The molecule has 0 radical (unpaired) electrons. The summed E-state index contributed by atoms with van der Waals surface area (Å²) in [5.74, 6) is 2.29. The Bertz CT molecular complexity index is 460. The van der Waals surface area contributed by atoms with Gasteiger partial charge in [-0.1, -0.05) is 19.3 Å². The Balaban J connectivity index is 1.48. The van der Waals surface area contributed by atoms with Gasteiger partial charge in [0, 0.05) is 5.41 Å². The molecule has 5 fully saturated rings. The van der Waals surface area contributed by atoms with Crippen molar-refractivity contribution in [3.63, 3.8) is 0 Å². The molecule has 1 atom stereocenters. The summed E-state index contributed by atoms with van der Waals surface area (Å²) in [7, 11) is 0. The second kappa shape index (κ2) is 5.78. The van der Waals surface area contributed by atoms with E-state index in [4.69, 9.17) is 5.73 Å². The summed E-state index contributed by atoms with van der Waals surface area (Å²) in [6, 6.07) is -0.448. The topological polar surface area (TPSA) is 72.2 Å². The van der Waals surface area contributed by atoms with Gasteiger partial charge in [-0.3, -0.25) is 9.59 Å². The maximum atomic E-state index is 13.1. The summed E-state index contributed by atoms with van der Waals surface area (Å²) >= 11 is 0. The van der Waals surface area contributed by atoms with E-state index in [-0.39, 0.29) is 23.1 Å². The first-order valence-corrected chi connectivity index (χ1v) is 9.66. The fourth-order valence-electron chi connectivity index (χ4n) is 6.57. The first kappa shape index (κ1) is 15.5. The minimum atomic E-state index is -0.448. The molecule has 5 aliphatic carbocycles. The Morgan fingerprint density at radius 2 is 1.43 bits per heavy atom. The molecule has 4 nitrogen and oxygen atoms in total. The molecule has 3 N–H and O–H groups in total. The normalized spacial score (nSPS) is 40.8.